The van der Waals surface area contributed by atoms with E-state index in [1.54, 1.807) is 24.1 Å². The van der Waals surface area contributed by atoms with Crippen LogP contribution in [0.4, 0.5) is 0 Å². The summed E-state index contributed by atoms with van der Waals surface area (Å²) in [5.74, 6) is 0.318. The minimum absolute atomic E-state index is 0.182. The van der Waals surface area contributed by atoms with Crippen LogP contribution in [0, 0.1) is 5.92 Å². The molecule has 1 aromatic carbocycles. The van der Waals surface area contributed by atoms with Crippen LogP contribution in [-0.2, 0) is 0 Å². The maximum atomic E-state index is 12.8. The number of pyridine rings is 1. The highest BCUT2D eigenvalue weighted by molar-refractivity contribution is 5.94. The van der Waals surface area contributed by atoms with Crippen LogP contribution in [0.25, 0.3) is 11.3 Å². The summed E-state index contributed by atoms with van der Waals surface area (Å²) in [4.78, 5) is 29.7. The molecule has 1 aliphatic heterocycles. The number of H-pyrrole nitrogens is 1. The Kier molecular flexibility index (Phi) is 4.61. The molecular weight excluding hydrogens is 328 g/mol. The molecule has 6 nitrogen and oxygen atoms in total. The van der Waals surface area contributed by atoms with Gasteiger partial charge in [-0.05, 0) is 36.5 Å². The Balaban J connectivity index is 1.48. The summed E-state index contributed by atoms with van der Waals surface area (Å²) in [6, 6.07) is 13.8. The van der Waals surface area contributed by atoms with Crippen molar-refractivity contribution in [2.24, 2.45) is 5.92 Å². The number of hydrogen-bond acceptors (Lipinski definition) is 4. The van der Waals surface area contributed by atoms with E-state index in [0.717, 1.165) is 5.56 Å². The topological polar surface area (TPSA) is 77.2 Å². The summed E-state index contributed by atoms with van der Waals surface area (Å²) in [6.07, 6.45) is 3.61. The average molecular weight is 352 g/mol. The van der Waals surface area contributed by atoms with Crippen molar-refractivity contribution < 1.29 is 4.79 Å². The molecule has 2 aromatic rings. The number of nitrogens with zero attached hydrogens (tertiary/aromatic N) is 1. The van der Waals surface area contributed by atoms with E-state index in [0.29, 0.717) is 24.2 Å². The highest BCUT2D eigenvalue weighted by Gasteiger charge is 2.39. The first kappa shape index (κ1) is 17.0. The lowest BCUT2D eigenvalue weighted by Crippen LogP contribution is -2.44. The lowest BCUT2D eigenvalue weighted by Gasteiger charge is -2.24. The van der Waals surface area contributed by atoms with Crippen LogP contribution in [0.15, 0.2) is 47.3 Å². The summed E-state index contributed by atoms with van der Waals surface area (Å²) >= 11 is 0. The van der Waals surface area contributed by atoms with Crippen LogP contribution in [0.5, 0.6) is 0 Å². The molecule has 136 valence electrons. The number of nitrogens with one attached hydrogen (secondary N) is 3. The quantitative estimate of drug-likeness (QED) is 0.784. The zero-order valence-corrected chi connectivity index (χ0v) is 14.9. The van der Waals surface area contributed by atoms with Gasteiger partial charge in [0.15, 0.2) is 0 Å². The molecule has 3 unspecified atom stereocenters. The minimum Gasteiger partial charge on any atom is -0.340 e. The fourth-order valence-electron chi connectivity index (χ4n) is 4.16. The van der Waals surface area contributed by atoms with E-state index in [4.69, 9.17) is 0 Å². The number of likely N-dealkylation sites (N-methyl/N-ethyl adjacent to an activating group) is 1. The van der Waals surface area contributed by atoms with Gasteiger partial charge in [-0.3, -0.25) is 20.4 Å². The lowest BCUT2D eigenvalue weighted by atomic mass is 9.97. The molecular formula is C20H24N4O2. The number of aromatic nitrogens is 1. The van der Waals surface area contributed by atoms with Crippen LogP contribution in [0.2, 0.25) is 0 Å². The first-order valence-electron chi connectivity index (χ1n) is 9.19. The van der Waals surface area contributed by atoms with E-state index in [1.165, 1.54) is 19.3 Å². The largest absolute Gasteiger partial charge is 0.340 e. The molecule has 3 N–H and O–H groups in total. The van der Waals surface area contributed by atoms with Gasteiger partial charge in [-0.1, -0.05) is 36.8 Å². The van der Waals surface area contributed by atoms with Crippen LogP contribution in [0.1, 0.15) is 29.6 Å². The molecule has 1 aromatic heterocycles. The lowest BCUT2D eigenvalue weighted by molar-refractivity contribution is 0.0774. The van der Waals surface area contributed by atoms with Gasteiger partial charge in [0.05, 0.1) is 0 Å². The summed E-state index contributed by atoms with van der Waals surface area (Å²) in [5.41, 5.74) is 8.11. The minimum atomic E-state index is -0.348. The highest BCUT2D eigenvalue weighted by atomic mass is 16.2. The Morgan fingerprint density at radius 2 is 1.92 bits per heavy atom. The summed E-state index contributed by atoms with van der Waals surface area (Å²) < 4.78 is 0. The second-order valence-electron chi connectivity index (χ2n) is 7.26. The second kappa shape index (κ2) is 7.05. The Labute approximate surface area is 152 Å². The molecule has 1 aliphatic carbocycles. The first-order valence-corrected chi connectivity index (χ1v) is 9.19. The predicted octanol–water partition coefficient (Wildman–Crippen LogP) is 1.76. The van der Waals surface area contributed by atoms with Crippen LogP contribution >= 0.6 is 0 Å². The molecule has 0 radical (unpaired) electrons. The Morgan fingerprint density at radius 1 is 1.12 bits per heavy atom. The third-order valence-corrected chi connectivity index (χ3v) is 5.58. The summed E-state index contributed by atoms with van der Waals surface area (Å²) in [6.45, 7) is 0.590. The van der Waals surface area contributed by atoms with Gasteiger partial charge in [0, 0.05) is 31.4 Å². The van der Waals surface area contributed by atoms with Crippen molar-refractivity contribution >= 4 is 5.91 Å². The number of hydrazine groups is 1. The van der Waals surface area contributed by atoms with E-state index < -0.39 is 0 Å². The van der Waals surface area contributed by atoms with Gasteiger partial charge in [0.25, 0.3) is 11.5 Å². The number of rotatable bonds is 4. The zero-order chi connectivity index (χ0) is 18.1. The number of aromatic amines is 1. The maximum Gasteiger partial charge on any atom is 0.261 e. The molecule has 4 rings (SSSR count). The Bertz CT molecular complexity index is 848. The molecule has 6 heteroatoms. The van der Waals surface area contributed by atoms with Crippen molar-refractivity contribution in [1.82, 2.24) is 20.7 Å². The van der Waals surface area contributed by atoms with Crippen molar-refractivity contribution in [3.05, 3.63) is 58.4 Å². The highest BCUT2D eigenvalue weighted by Crippen LogP contribution is 2.31. The third-order valence-electron chi connectivity index (χ3n) is 5.58. The number of carbonyl (C=O) groups is 1. The molecule has 1 amide bonds. The van der Waals surface area contributed by atoms with Gasteiger partial charge in [0.1, 0.15) is 5.56 Å². The van der Waals surface area contributed by atoms with Gasteiger partial charge in [-0.25, -0.2) is 0 Å². The first-order chi connectivity index (χ1) is 12.6. The standard InChI is InChI=1S/C20H24N4O2/c1-24(12-18-14-8-5-9-17(14)22-23-18)20(26)15-10-11-16(21-19(15)25)13-6-3-2-4-7-13/h2-4,6-7,10-11,14,17-18,22-23H,5,8-9,12H2,1H3,(H,21,25). The van der Waals surface area contributed by atoms with Crippen molar-refractivity contribution in [1.29, 1.82) is 0 Å². The summed E-state index contributed by atoms with van der Waals surface area (Å²) in [7, 11) is 1.76. The van der Waals surface area contributed by atoms with Gasteiger partial charge in [-0.15, -0.1) is 0 Å². The normalized spacial score (nSPS) is 24.4. The number of amides is 1. The van der Waals surface area contributed by atoms with E-state index in [-0.39, 0.29) is 23.1 Å². The molecule has 1 saturated carbocycles. The van der Waals surface area contributed by atoms with E-state index in [1.807, 2.05) is 30.3 Å². The van der Waals surface area contributed by atoms with E-state index in [9.17, 15) is 9.59 Å². The number of fused-ring (bicyclic) bond motifs is 1. The third kappa shape index (κ3) is 3.18. The van der Waals surface area contributed by atoms with Crippen LogP contribution in [0.3, 0.4) is 0 Å². The second-order valence-corrected chi connectivity index (χ2v) is 7.26. The van der Waals surface area contributed by atoms with Gasteiger partial charge < -0.3 is 9.88 Å². The van der Waals surface area contributed by atoms with Crippen molar-refractivity contribution in [3.63, 3.8) is 0 Å². The fourth-order valence-corrected chi connectivity index (χ4v) is 4.16. The van der Waals surface area contributed by atoms with E-state index in [2.05, 4.69) is 15.8 Å². The Hall–Kier alpha value is -2.44. The molecule has 1 saturated heterocycles. The number of benzene rings is 1. The number of carbonyl (C=O) groups excluding carboxylic acids is 1. The molecule has 26 heavy (non-hydrogen) atoms. The molecule has 0 bridgehead atoms. The van der Waals surface area contributed by atoms with Crippen molar-refractivity contribution in [3.8, 4) is 11.3 Å². The van der Waals surface area contributed by atoms with Gasteiger partial charge in [0.2, 0.25) is 0 Å². The van der Waals surface area contributed by atoms with Crippen LogP contribution < -0.4 is 16.4 Å². The van der Waals surface area contributed by atoms with Crippen molar-refractivity contribution in [2.45, 2.75) is 31.3 Å². The van der Waals surface area contributed by atoms with E-state index >= 15 is 0 Å². The molecule has 2 fully saturated rings. The smallest absolute Gasteiger partial charge is 0.261 e. The zero-order valence-electron chi connectivity index (χ0n) is 14.9. The fraction of sp³-hybridized carbons (Fsp3) is 0.400. The van der Waals surface area contributed by atoms with Gasteiger partial charge in [-0.2, -0.15) is 0 Å². The molecule has 2 aliphatic rings. The SMILES string of the molecule is CN(CC1NNC2CCCC21)C(=O)c1ccc(-c2ccccc2)[nH]c1=O. The maximum absolute atomic E-state index is 12.8. The average Bonchev–Trinajstić information content (AvgIpc) is 3.27. The molecule has 2 heterocycles. The Morgan fingerprint density at radius 3 is 2.69 bits per heavy atom. The molecule has 3 atom stereocenters. The van der Waals surface area contributed by atoms with Crippen molar-refractivity contribution in [2.75, 3.05) is 13.6 Å². The van der Waals surface area contributed by atoms with Gasteiger partial charge >= 0.3 is 0 Å². The summed E-state index contributed by atoms with van der Waals surface area (Å²) in [5, 5.41) is 0. The predicted molar refractivity (Wildman–Crippen MR) is 101 cm³/mol. The molecule has 0 spiro atoms. The van der Waals surface area contributed by atoms with Crippen LogP contribution in [-0.4, -0.2) is 41.5 Å². The monoisotopic (exact) mass is 352 g/mol. The number of hydrogen-bond donors (Lipinski definition) is 3.